The van der Waals surface area contributed by atoms with E-state index in [0.717, 1.165) is 0 Å². The summed E-state index contributed by atoms with van der Waals surface area (Å²) in [5, 5.41) is 3.51. The van der Waals surface area contributed by atoms with Crippen molar-refractivity contribution in [3.63, 3.8) is 0 Å². The molecule has 0 amide bonds. The van der Waals surface area contributed by atoms with Crippen LogP contribution >= 0.6 is 0 Å². The van der Waals surface area contributed by atoms with E-state index in [1.165, 1.54) is 0 Å². The zero-order valence-corrected chi connectivity index (χ0v) is 6.89. The summed E-state index contributed by atoms with van der Waals surface area (Å²) in [6.07, 6.45) is 2.97. The molecule has 0 spiro atoms. The summed E-state index contributed by atoms with van der Waals surface area (Å²) < 4.78 is 25.9. The topological polar surface area (TPSA) is 60.2 Å². The molecule has 0 fully saturated rings. The van der Waals surface area contributed by atoms with E-state index in [4.69, 9.17) is 0 Å². The fraction of sp³-hybridized carbons (Fsp3) is 0.333. The van der Waals surface area contributed by atoms with Crippen LogP contribution in [0.2, 0.25) is 0 Å². The van der Waals surface area contributed by atoms with Crippen molar-refractivity contribution in [1.29, 1.82) is 0 Å². The van der Waals surface area contributed by atoms with Gasteiger partial charge in [0.05, 0.1) is 17.7 Å². The van der Waals surface area contributed by atoms with Crippen molar-refractivity contribution in [2.45, 2.75) is 12.7 Å². The van der Waals surface area contributed by atoms with Crippen LogP contribution in [-0.2, 0) is 15.6 Å². The molecule has 0 aliphatic rings. The van der Waals surface area contributed by atoms with E-state index >= 15 is 0 Å². The van der Waals surface area contributed by atoms with Crippen molar-refractivity contribution in [3.05, 3.63) is 23.8 Å². The Morgan fingerprint density at radius 1 is 1.73 bits per heavy atom. The molecule has 1 rings (SSSR count). The van der Waals surface area contributed by atoms with Crippen LogP contribution in [0.25, 0.3) is 0 Å². The summed E-state index contributed by atoms with van der Waals surface area (Å²) in [6.45, 7) is 1.70. The third-order valence-electron chi connectivity index (χ3n) is 1.04. The highest BCUT2D eigenvalue weighted by molar-refractivity contribution is 7.91. The maximum absolute atomic E-state index is 10.6. The Kier molecular flexibility index (Phi) is 1.99. The minimum absolute atomic E-state index is 0.162. The molecule has 4 nitrogen and oxygen atoms in total. The maximum atomic E-state index is 10.6. The Balaban J connectivity index is 2.81. The van der Waals surface area contributed by atoms with E-state index in [0.29, 0.717) is 11.5 Å². The van der Waals surface area contributed by atoms with E-state index in [1.54, 1.807) is 13.0 Å². The van der Waals surface area contributed by atoms with Gasteiger partial charge in [-0.25, -0.2) is 8.42 Å². The predicted octanol–water partition coefficient (Wildman–Crippen LogP) is 0.689. The molecule has 1 heterocycles. The summed E-state index contributed by atoms with van der Waals surface area (Å²) in [5.74, 6) is 0.438. The van der Waals surface area contributed by atoms with Gasteiger partial charge in [-0.2, -0.15) is 0 Å². The van der Waals surface area contributed by atoms with Gasteiger partial charge < -0.3 is 4.52 Å². The Morgan fingerprint density at radius 3 is 2.73 bits per heavy atom. The van der Waals surface area contributed by atoms with E-state index in [9.17, 15) is 8.42 Å². The molecular formula is C6H8NO3S. The molecule has 0 atom stereocenters. The first kappa shape index (κ1) is 8.26. The van der Waals surface area contributed by atoms with Crippen molar-refractivity contribution >= 4 is 9.84 Å². The predicted molar refractivity (Wildman–Crippen MR) is 39.2 cm³/mol. The molecular weight excluding hydrogens is 166 g/mol. The summed E-state index contributed by atoms with van der Waals surface area (Å²) in [7, 11) is -3.24. The van der Waals surface area contributed by atoms with Crippen LogP contribution < -0.4 is 0 Å². The molecule has 1 aromatic rings. The van der Waals surface area contributed by atoms with Gasteiger partial charge in [0.25, 0.3) is 0 Å². The minimum atomic E-state index is -3.24. The number of hydrogen-bond donors (Lipinski definition) is 0. The lowest BCUT2D eigenvalue weighted by atomic mass is 10.4. The lowest BCUT2D eigenvalue weighted by molar-refractivity contribution is 0.392. The molecule has 1 radical (unpaired) electrons. The van der Waals surface area contributed by atoms with Gasteiger partial charge in [0.2, 0.25) is 0 Å². The number of hydrogen-bond acceptors (Lipinski definition) is 4. The molecule has 0 aliphatic heterocycles. The number of nitrogens with zero attached hydrogens (tertiary/aromatic N) is 1. The molecule has 0 bridgehead atoms. The quantitative estimate of drug-likeness (QED) is 0.661. The standard InChI is InChI=1S/C6H8NO3S/c1-5-3-6(7-10-5)4-11(2,8)9/h3H,2,4H2,1H3. The number of aromatic nitrogens is 1. The normalized spacial score (nSPS) is 11.8. The number of rotatable bonds is 2. The zero-order valence-electron chi connectivity index (χ0n) is 6.07. The van der Waals surface area contributed by atoms with Gasteiger partial charge in [0, 0.05) is 6.07 Å². The Labute approximate surface area is 65.1 Å². The lowest BCUT2D eigenvalue weighted by Gasteiger charge is -1.88. The maximum Gasteiger partial charge on any atom is 0.157 e. The average Bonchev–Trinajstić information content (AvgIpc) is 2.10. The second-order valence-corrected chi connectivity index (χ2v) is 4.09. The molecule has 1 aromatic heterocycles. The Morgan fingerprint density at radius 2 is 2.36 bits per heavy atom. The largest absolute Gasteiger partial charge is 0.361 e. The summed E-state index contributed by atoms with van der Waals surface area (Å²) >= 11 is 0. The van der Waals surface area contributed by atoms with Crippen molar-refractivity contribution in [2.75, 3.05) is 0 Å². The van der Waals surface area contributed by atoms with Gasteiger partial charge >= 0.3 is 0 Å². The Bertz CT molecular complexity index is 338. The van der Waals surface area contributed by atoms with Crippen LogP contribution in [0.15, 0.2) is 10.6 Å². The number of sulfone groups is 1. The Hall–Kier alpha value is -0.840. The van der Waals surface area contributed by atoms with Crippen LogP contribution in [-0.4, -0.2) is 13.6 Å². The second-order valence-electron chi connectivity index (χ2n) is 2.32. The van der Waals surface area contributed by atoms with Gasteiger partial charge in [-0.3, -0.25) is 0 Å². The smallest absolute Gasteiger partial charge is 0.157 e. The zero-order chi connectivity index (χ0) is 8.48. The van der Waals surface area contributed by atoms with Crippen LogP contribution in [0.4, 0.5) is 0 Å². The van der Waals surface area contributed by atoms with Gasteiger partial charge in [0.1, 0.15) is 5.76 Å². The molecule has 5 heteroatoms. The van der Waals surface area contributed by atoms with Gasteiger partial charge in [-0.1, -0.05) is 5.16 Å². The van der Waals surface area contributed by atoms with Crippen molar-refractivity contribution in [1.82, 2.24) is 5.16 Å². The minimum Gasteiger partial charge on any atom is -0.361 e. The third kappa shape index (κ3) is 2.71. The lowest BCUT2D eigenvalue weighted by Crippen LogP contribution is -1.97. The van der Waals surface area contributed by atoms with Gasteiger partial charge in [-0.15, -0.1) is 0 Å². The SMILES string of the molecule is [CH2]S(=O)(=O)Cc1cc(C)on1. The first-order valence-corrected chi connectivity index (χ1v) is 4.77. The van der Waals surface area contributed by atoms with Crippen molar-refractivity contribution < 1.29 is 12.9 Å². The summed E-state index contributed by atoms with van der Waals surface area (Å²) in [5.41, 5.74) is 0.400. The fourth-order valence-electron chi connectivity index (χ4n) is 0.711. The van der Waals surface area contributed by atoms with Crippen LogP contribution in [0.5, 0.6) is 0 Å². The van der Waals surface area contributed by atoms with E-state index in [2.05, 4.69) is 15.9 Å². The monoisotopic (exact) mass is 174 g/mol. The third-order valence-corrected chi connectivity index (χ3v) is 1.78. The summed E-state index contributed by atoms with van der Waals surface area (Å²) in [6, 6.07) is 1.57. The second kappa shape index (κ2) is 2.65. The number of aryl methyl sites for hydroxylation is 1. The molecule has 0 N–H and O–H groups in total. The average molecular weight is 174 g/mol. The van der Waals surface area contributed by atoms with Crippen molar-refractivity contribution in [3.8, 4) is 0 Å². The van der Waals surface area contributed by atoms with Crippen LogP contribution in [0, 0.1) is 13.2 Å². The summed E-state index contributed by atoms with van der Waals surface area (Å²) in [4.78, 5) is 0. The van der Waals surface area contributed by atoms with E-state index < -0.39 is 9.84 Å². The van der Waals surface area contributed by atoms with Crippen LogP contribution in [0.1, 0.15) is 11.5 Å². The van der Waals surface area contributed by atoms with Crippen molar-refractivity contribution in [2.24, 2.45) is 0 Å². The van der Waals surface area contributed by atoms with E-state index in [-0.39, 0.29) is 5.75 Å². The fourth-order valence-corrected chi connectivity index (χ4v) is 1.30. The highest BCUT2D eigenvalue weighted by atomic mass is 32.2. The molecule has 61 valence electrons. The molecule has 0 aliphatic carbocycles. The molecule has 11 heavy (non-hydrogen) atoms. The first-order valence-electron chi connectivity index (χ1n) is 2.95. The molecule has 0 saturated heterocycles. The first-order chi connectivity index (χ1) is 4.97. The van der Waals surface area contributed by atoms with E-state index in [1.807, 2.05) is 0 Å². The molecule has 0 unspecified atom stereocenters. The highest BCUT2D eigenvalue weighted by Gasteiger charge is 2.07. The van der Waals surface area contributed by atoms with Gasteiger partial charge in [0.15, 0.2) is 9.84 Å². The van der Waals surface area contributed by atoms with Gasteiger partial charge in [-0.05, 0) is 6.92 Å². The molecule has 0 saturated carbocycles. The highest BCUT2D eigenvalue weighted by Crippen LogP contribution is 2.05. The molecule has 0 aromatic carbocycles. The van der Waals surface area contributed by atoms with Crippen LogP contribution in [0.3, 0.4) is 0 Å².